The van der Waals surface area contributed by atoms with Crippen molar-refractivity contribution in [2.75, 3.05) is 19.3 Å². The molecular formula is C21H27N3O2. The summed E-state index contributed by atoms with van der Waals surface area (Å²) in [6.45, 7) is 0.190. The van der Waals surface area contributed by atoms with Crippen molar-refractivity contribution in [3.63, 3.8) is 0 Å². The van der Waals surface area contributed by atoms with Crippen LogP contribution in [0.25, 0.3) is 5.57 Å². The average molecular weight is 353 g/mol. The van der Waals surface area contributed by atoms with E-state index < -0.39 is 6.04 Å². The summed E-state index contributed by atoms with van der Waals surface area (Å²) >= 11 is 0. The van der Waals surface area contributed by atoms with Gasteiger partial charge in [-0.05, 0) is 30.4 Å². The van der Waals surface area contributed by atoms with Crippen molar-refractivity contribution >= 4 is 23.1 Å². The van der Waals surface area contributed by atoms with Crippen molar-refractivity contribution < 1.29 is 9.59 Å². The van der Waals surface area contributed by atoms with Crippen LogP contribution in [0, 0.1) is 5.92 Å². The molecule has 138 valence electrons. The van der Waals surface area contributed by atoms with Gasteiger partial charge in [-0.15, -0.1) is 0 Å². The molecule has 1 saturated carbocycles. The van der Waals surface area contributed by atoms with E-state index in [1.807, 2.05) is 29.2 Å². The van der Waals surface area contributed by atoms with E-state index >= 15 is 0 Å². The molecule has 2 heterocycles. The molecule has 1 unspecified atom stereocenters. The second-order valence-corrected chi connectivity index (χ2v) is 7.88. The van der Waals surface area contributed by atoms with Crippen LogP contribution in [0.5, 0.6) is 0 Å². The lowest BCUT2D eigenvalue weighted by molar-refractivity contribution is -0.157. The molecule has 0 aromatic heterocycles. The molecule has 2 N–H and O–H groups in total. The van der Waals surface area contributed by atoms with Crippen LogP contribution in [0.4, 0.5) is 5.69 Å². The van der Waals surface area contributed by atoms with Crippen LogP contribution in [0.1, 0.15) is 44.1 Å². The van der Waals surface area contributed by atoms with E-state index in [0.29, 0.717) is 12.3 Å². The fourth-order valence-corrected chi connectivity index (χ4v) is 4.86. The molecule has 4 rings (SSSR count). The molecule has 1 aromatic carbocycles. The number of benzene rings is 1. The van der Waals surface area contributed by atoms with Gasteiger partial charge in [-0.25, -0.2) is 0 Å². The molecule has 0 bridgehead atoms. The van der Waals surface area contributed by atoms with Gasteiger partial charge in [0.2, 0.25) is 11.8 Å². The van der Waals surface area contributed by atoms with Crippen molar-refractivity contribution in [1.29, 1.82) is 0 Å². The van der Waals surface area contributed by atoms with E-state index in [1.165, 1.54) is 19.3 Å². The third-order valence-electron chi connectivity index (χ3n) is 6.20. The van der Waals surface area contributed by atoms with Crippen LogP contribution in [-0.2, 0) is 9.59 Å². The molecule has 0 spiro atoms. The first-order chi connectivity index (χ1) is 12.6. The summed E-state index contributed by atoms with van der Waals surface area (Å²) < 4.78 is 0. The van der Waals surface area contributed by atoms with Crippen LogP contribution in [0.15, 0.2) is 30.3 Å². The summed E-state index contributed by atoms with van der Waals surface area (Å²) in [6.07, 6.45) is 8.71. The molecule has 0 radical (unpaired) electrons. The van der Waals surface area contributed by atoms with Crippen LogP contribution >= 0.6 is 0 Å². The van der Waals surface area contributed by atoms with Gasteiger partial charge in [0.05, 0.1) is 12.6 Å². The first-order valence-electron chi connectivity index (χ1n) is 9.68. The Kier molecular flexibility index (Phi) is 4.47. The minimum atomic E-state index is -0.396. The smallest absolute Gasteiger partial charge is 0.245 e. The maximum absolute atomic E-state index is 12.9. The lowest BCUT2D eigenvalue weighted by Crippen LogP contribution is -2.64. The third kappa shape index (κ3) is 2.89. The van der Waals surface area contributed by atoms with E-state index in [0.717, 1.165) is 29.7 Å². The molecule has 26 heavy (non-hydrogen) atoms. The number of piperazine rings is 1. The number of amides is 2. The number of nitrogens with two attached hydrogens (primary N) is 1. The van der Waals surface area contributed by atoms with Gasteiger partial charge in [0.25, 0.3) is 0 Å². The minimum Gasteiger partial charge on any atom is -0.398 e. The Labute approximate surface area is 154 Å². The number of likely N-dealkylation sites (N-methyl/N-ethyl adjacent to an activating group) is 1. The number of carbonyl (C=O) groups excluding carboxylic acids is 2. The maximum Gasteiger partial charge on any atom is 0.245 e. The van der Waals surface area contributed by atoms with E-state index in [1.54, 1.807) is 11.9 Å². The molecule has 5 nitrogen and oxygen atoms in total. The highest BCUT2D eigenvalue weighted by Gasteiger charge is 2.46. The van der Waals surface area contributed by atoms with Crippen molar-refractivity contribution in [2.24, 2.45) is 5.92 Å². The molecule has 5 heteroatoms. The molecule has 2 amide bonds. The van der Waals surface area contributed by atoms with Gasteiger partial charge in [0, 0.05) is 24.7 Å². The monoisotopic (exact) mass is 353 g/mol. The highest BCUT2D eigenvalue weighted by Crippen LogP contribution is 2.40. The number of hydrogen-bond donors (Lipinski definition) is 1. The Morgan fingerprint density at radius 1 is 1.08 bits per heavy atom. The van der Waals surface area contributed by atoms with E-state index in [-0.39, 0.29) is 24.4 Å². The van der Waals surface area contributed by atoms with Crippen molar-refractivity contribution in [2.45, 2.75) is 50.6 Å². The summed E-state index contributed by atoms with van der Waals surface area (Å²) in [4.78, 5) is 29.2. The van der Waals surface area contributed by atoms with Gasteiger partial charge in [-0.3, -0.25) is 9.59 Å². The second-order valence-electron chi connectivity index (χ2n) is 7.88. The number of carbonyl (C=O) groups is 2. The fraction of sp³-hybridized carbons (Fsp3) is 0.524. The van der Waals surface area contributed by atoms with Gasteiger partial charge in [0.15, 0.2) is 0 Å². The normalized spacial score (nSPS) is 27.3. The molecule has 3 aliphatic rings. The van der Waals surface area contributed by atoms with Crippen LogP contribution in [0.2, 0.25) is 0 Å². The van der Waals surface area contributed by atoms with Gasteiger partial charge < -0.3 is 15.5 Å². The number of anilines is 1. The number of para-hydroxylation sites is 1. The summed E-state index contributed by atoms with van der Waals surface area (Å²) in [5, 5.41) is 0. The topological polar surface area (TPSA) is 66.6 Å². The van der Waals surface area contributed by atoms with Gasteiger partial charge in [0.1, 0.15) is 6.04 Å². The third-order valence-corrected chi connectivity index (χ3v) is 6.20. The first-order valence-corrected chi connectivity index (χ1v) is 9.68. The van der Waals surface area contributed by atoms with Crippen molar-refractivity contribution in [3.8, 4) is 0 Å². The van der Waals surface area contributed by atoms with Crippen LogP contribution in [0.3, 0.4) is 0 Å². The summed E-state index contributed by atoms with van der Waals surface area (Å²) in [5.41, 5.74) is 9.06. The predicted octanol–water partition coefficient (Wildman–Crippen LogP) is 2.67. The molecule has 2 fully saturated rings. The molecule has 1 aromatic rings. The second kappa shape index (κ2) is 6.78. The van der Waals surface area contributed by atoms with Crippen LogP contribution in [-0.4, -0.2) is 47.3 Å². The van der Waals surface area contributed by atoms with Gasteiger partial charge in [-0.1, -0.05) is 43.5 Å². The molecule has 2 atom stereocenters. The Balaban J connectivity index is 1.77. The van der Waals surface area contributed by atoms with E-state index in [9.17, 15) is 9.59 Å². The van der Waals surface area contributed by atoms with E-state index in [2.05, 4.69) is 6.08 Å². The Bertz CT molecular complexity index is 751. The number of rotatable bonds is 2. The maximum atomic E-state index is 12.9. The Morgan fingerprint density at radius 2 is 1.81 bits per heavy atom. The fourth-order valence-electron chi connectivity index (χ4n) is 4.86. The molecule has 1 saturated heterocycles. The zero-order valence-corrected chi connectivity index (χ0v) is 15.4. The van der Waals surface area contributed by atoms with Crippen molar-refractivity contribution in [3.05, 3.63) is 35.9 Å². The average Bonchev–Trinajstić information content (AvgIpc) is 2.66. The summed E-state index contributed by atoms with van der Waals surface area (Å²) in [7, 11) is 1.72. The predicted molar refractivity (Wildman–Crippen MR) is 102 cm³/mol. The lowest BCUT2D eigenvalue weighted by Gasteiger charge is -2.48. The lowest BCUT2D eigenvalue weighted by atomic mass is 9.78. The number of hydrogen-bond acceptors (Lipinski definition) is 3. The Morgan fingerprint density at radius 3 is 2.54 bits per heavy atom. The minimum absolute atomic E-state index is 0.00815. The first kappa shape index (κ1) is 17.1. The molecule has 1 aliphatic carbocycles. The summed E-state index contributed by atoms with van der Waals surface area (Å²) in [6, 6.07) is 7.44. The molecule has 2 aliphatic heterocycles. The molecular weight excluding hydrogens is 326 g/mol. The largest absolute Gasteiger partial charge is 0.398 e. The number of nitrogens with zero attached hydrogens (tertiary/aromatic N) is 2. The standard InChI is InChI=1S/C21H27N3O2/c1-23-13-20(25)24-18(14-7-3-2-4-8-14)11-15(12-19(24)21(23)26)16-9-5-6-10-17(16)22/h5-6,9-11,14,18-19H,2-4,7-8,12-13,22H2,1H3/t18?,19-/m0/s1. The Hall–Kier alpha value is -2.30. The van der Waals surface area contributed by atoms with E-state index in [4.69, 9.17) is 5.73 Å². The quantitative estimate of drug-likeness (QED) is 0.831. The van der Waals surface area contributed by atoms with Gasteiger partial charge in [-0.2, -0.15) is 0 Å². The highest BCUT2D eigenvalue weighted by molar-refractivity contribution is 5.97. The summed E-state index contributed by atoms with van der Waals surface area (Å²) in [5.74, 6) is 0.557. The number of fused-ring (bicyclic) bond motifs is 1. The van der Waals surface area contributed by atoms with Crippen LogP contribution < -0.4 is 5.73 Å². The highest BCUT2D eigenvalue weighted by atomic mass is 16.2. The van der Waals surface area contributed by atoms with Gasteiger partial charge >= 0.3 is 0 Å². The SMILES string of the molecule is CN1CC(=O)N2C(C3CCCCC3)C=C(c3ccccc3N)C[C@H]2C1=O. The number of nitrogen functional groups attached to an aromatic ring is 1. The van der Waals surface area contributed by atoms with Crippen molar-refractivity contribution in [1.82, 2.24) is 9.80 Å². The zero-order valence-electron chi connectivity index (χ0n) is 15.4. The zero-order chi connectivity index (χ0) is 18.3.